The van der Waals surface area contributed by atoms with Crippen molar-refractivity contribution in [2.24, 2.45) is 0 Å². The minimum Gasteiger partial charge on any atom is -0.354 e. The number of rotatable bonds is 14. The molecule has 0 N–H and O–H groups in total. The number of unbranched alkanes of at least 4 members (excludes halogenated alkanes) is 2. The lowest BCUT2D eigenvalue weighted by atomic mass is 10.3. The quantitative estimate of drug-likeness (QED) is 0.273. The van der Waals surface area contributed by atoms with E-state index in [4.69, 9.17) is 18.9 Å². The van der Waals surface area contributed by atoms with Gasteiger partial charge in [-0.1, -0.05) is 32.2 Å². The Kier molecular flexibility index (Phi) is 11.6. The Morgan fingerprint density at radius 2 is 1.00 bits per heavy atom. The van der Waals surface area contributed by atoms with Crippen LogP contribution in [0.1, 0.15) is 67.7 Å². The van der Waals surface area contributed by atoms with Gasteiger partial charge in [-0.3, -0.25) is 0 Å². The van der Waals surface area contributed by atoms with Crippen LogP contribution in [-0.4, -0.2) is 46.0 Å². The lowest BCUT2D eigenvalue weighted by molar-refractivity contribution is -0.205. The first kappa shape index (κ1) is 22.1. The second kappa shape index (κ2) is 11.6. The minimum atomic E-state index is -1.68. The van der Waals surface area contributed by atoms with Crippen LogP contribution in [0.2, 0.25) is 6.04 Å². The molecule has 0 atom stereocenters. The smallest absolute Gasteiger partial charge is 0.179 e. The highest BCUT2D eigenvalue weighted by Gasteiger charge is 2.50. The van der Waals surface area contributed by atoms with Crippen molar-refractivity contribution >= 4 is 8.80 Å². The van der Waals surface area contributed by atoms with Gasteiger partial charge < -0.3 is 18.9 Å². The lowest BCUT2D eigenvalue weighted by Gasteiger charge is -2.45. The molecule has 0 aromatic heterocycles. The van der Waals surface area contributed by atoms with Crippen LogP contribution in [0.25, 0.3) is 0 Å². The van der Waals surface area contributed by atoms with Crippen molar-refractivity contribution in [2.45, 2.75) is 84.6 Å². The van der Waals surface area contributed by atoms with Crippen molar-refractivity contribution in [3.63, 3.8) is 0 Å². The molecule has 0 aromatic rings. The molecule has 0 saturated heterocycles. The molecule has 0 aromatic carbocycles. The Morgan fingerprint density at radius 3 is 1.27 bits per heavy atom. The Balaban J connectivity index is 5.43. The van der Waals surface area contributed by atoms with Crippen LogP contribution >= 0.6 is 0 Å². The summed E-state index contributed by atoms with van der Waals surface area (Å²) in [6, 6.07) is 1.10. The van der Waals surface area contributed by atoms with Gasteiger partial charge >= 0.3 is 0 Å². The second-order valence-corrected chi connectivity index (χ2v) is 9.59. The number of ether oxygens (including phenoxy) is 4. The molecule has 5 heteroatoms. The van der Waals surface area contributed by atoms with Gasteiger partial charge in [-0.15, -0.1) is 0 Å². The van der Waals surface area contributed by atoms with Crippen LogP contribution in [0.4, 0.5) is 0 Å². The molecular formula is C17H38O4Si. The van der Waals surface area contributed by atoms with Gasteiger partial charge in [0.15, 0.2) is 19.6 Å². The van der Waals surface area contributed by atoms with E-state index >= 15 is 0 Å². The van der Waals surface area contributed by atoms with Crippen LogP contribution in [-0.2, 0) is 18.9 Å². The van der Waals surface area contributed by atoms with E-state index in [-0.39, 0.29) is 0 Å². The van der Waals surface area contributed by atoms with Crippen LogP contribution < -0.4 is 0 Å². The summed E-state index contributed by atoms with van der Waals surface area (Å²) in [7, 11) is -1.68. The maximum atomic E-state index is 6.08. The molecule has 4 nitrogen and oxygen atoms in total. The molecule has 134 valence electrons. The molecule has 0 amide bonds. The first-order valence-electron chi connectivity index (χ1n) is 8.99. The first-order chi connectivity index (χ1) is 10.4. The van der Waals surface area contributed by atoms with Crippen molar-refractivity contribution in [2.75, 3.05) is 26.4 Å². The Labute approximate surface area is 139 Å². The van der Waals surface area contributed by atoms with Crippen molar-refractivity contribution in [3.8, 4) is 0 Å². The average Bonchev–Trinajstić information content (AvgIpc) is 2.44. The van der Waals surface area contributed by atoms with E-state index in [2.05, 4.69) is 20.8 Å². The zero-order chi connectivity index (χ0) is 17.1. The summed E-state index contributed by atoms with van der Waals surface area (Å²) in [5, 5.41) is 0. The van der Waals surface area contributed by atoms with E-state index < -0.39 is 19.6 Å². The van der Waals surface area contributed by atoms with E-state index in [9.17, 15) is 0 Å². The van der Waals surface area contributed by atoms with Crippen LogP contribution in [0.5, 0.6) is 0 Å². The molecule has 0 spiro atoms. The topological polar surface area (TPSA) is 36.9 Å². The summed E-state index contributed by atoms with van der Waals surface area (Å²) < 4.78 is 24.3. The van der Waals surface area contributed by atoms with Gasteiger partial charge in [0.05, 0.1) is 0 Å². The fraction of sp³-hybridized carbons (Fsp3) is 1.00. The maximum Gasteiger partial charge on any atom is 0.179 e. The molecular weight excluding hydrogens is 296 g/mol. The van der Waals surface area contributed by atoms with Gasteiger partial charge in [-0.2, -0.15) is 0 Å². The molecule has 0 aliphatic carbocycles. The second-order valence-electron chi connectivity index (χ2n) is 5.81. The zero-order valence-corrected chi connectivity index (χ0v) is 17.0. The zero-order valence-electron chi connectivity index (χ0n) is 15.9. The minimum absolute atomic E-state index is 0.559. The van der Waals surface area contributed by atoms with Crippen molar-refractivity contribution in [3.05, 3.63) is 0 Å². The van der Waals surface area contributed by atoms with E-state index in [1.54, 1.807) is 0 Å². The highest BCUT2D eigenvalue weighted by molar-refractivity contribution is 6.64. The monoisotopic (exact) mass is 334 g/mol. The van der Waals surface area contributed by atoms with Gasteiger partial charge in [0.2, 0.25) is 0 Å². The van der Waals surface area contributed by atoms with E-state index in [0.717, 1.165) is 6.04 Å². The molecule has 0 rings (SSSR count). The summed E-state index contributed by atoms with van der Waals surface area (Å²) in [5.74, 6) is 0. The summed E-state index contributed by atoms with van der Waals surface area (Å²) in [6.45, 7) is 17.0. The van der Waals surface area contributed by atoms with Gasteiger partial charge in [0, 0.05) is 26.4 Å². The van der Waals surface area contributed by atoms with E-state index in [0.29, 0.717) is 26.4 Å². The molecule has 0 unspecified atom stereocenters. The van der Waals surface area contributed by atoms with Gasteiger partial charge in [0.1, 0.15) is 0 Å². The summed E-state index contributed by atoms with van der Waals surface area (Å²) in [4.78, 5) is 0. The summed E-state index contributed by atoms with van der Waals surface area (Å²) >= 11 is 0. The largest absolute Gasteiger partial charge is 0.354 e. The molecule has 0 bridgehead atoms. The molecule has 22 heavy (non-hydrogen) atoms. The standard InChI is InChI=1S/C17H38O4Si/c1-8-13-14-15-22(16(6,18-9-2)19-10-3)17(7,20-11-4)21-12-5/h22H,8-15H2,1-7H3. The normalized spacial score (nSPS) is 13.1. The molecule has 0 radical (unpaired) electrons. The lowest BCUT2D eigenvalue weighted by Crippen LogP contribution is -2.62. The van der Waals surface area contributed by atoms with Crippen molar-refractivity contribution in [1.29, 1.82) is 0 Å². The van der Waals surface area contributed by atoms with Crippen molar-refractivity contribution < 1.29 is 18.9 Å². The highest BCUT2D eigenvalue weighted by atomic mass is 28.3. The summed E-state index contributed by atoms with van der Waals surface area (Å²) in [5.41, 5.74) is -1.12. The Morgan fingerprint density at radius 1 is 0.636 bits per heavy atom. The highest BCUT2D eigenvalue weighted by Crippen LogP contribution is 2.32. The molecule has 0 heterocycles. The van der Waals surface area contributed by atoms with Crippen LogP contribution in [0, 0.1) is 0 Å². The molecule has 0 saturated carbocycles. The SMILES string of the molecule is CCCCC[SiH](C(C)(OCC)OCC)C(C)(OCC)OCC. The Bertz CT molecular complexity index is 239. The molecule has 0 aliphatic rings. The first-order valence-corrected chi connectivity index (χ1v) is 11.0. The third-order valence-electron chi connectivity index (χ3n) is 4.09. The van der Waals surface area contributed by atoms with Gasteiger partial charge in [-0.25, -0.2) is 0 Å². The maximum absolute atomic E-state index is 6.08. The fourth-order valence-electron chi connectivity index (χ4n) is 3.23. The van der Waals surface area contributed by atoms with Crippen molar-refractivity contribution in [1.82, 2.24) is 0 Å². The van der Waals surface area contributed by atoms with E-state index in [1.165, 1.54) is 19.3 Å². The molecule has 0 fully saturated rings. The van der Waals surface area contributed by atoms with Crippen LogP contribution in [0.15, 0.2) is 0 Å². The average molecular weight is 335 g/mol. The Hall–Kier alpha value is 0.0569. The van der Waals surface area contributed by atoms with Gasteiger partial charge in [-0.05, 0) is 41.5 Å². The predicted molar refractivity (Wildman–Crippen MR) is 94.8 cm³/mol. The third-order valence-corrected chi connectivity index (χ3v) is 8.27. The van der Waals surface area contributed by atoms with E-state index in [1.807, 2.05) is 27.7 Å². The predicted octanol–water partition coefficient (Wildman–Crippen LogP) is 4.06. The van der Waals surface area contributed by atoms with Gasteiger partial charge in [0.25, 0.3) is 0 Å². The fourth-order valence-corrected chi connectivity index (χ4v) is 7.40. The summed E-state index contributed by atoms with van der Waals surface area (Å²) in [6.07, 6.45) is 3.62. The third kappa shape index (κ3) is 6.67. The molecule has 0 aliphatic heterocycles. The number of hydrogen-bond donors (Lipinski definition) is 0. The number of hydrogen-bond acceptors (Lipinski definition) is 4. The van der Waals surface area contributed by atoms with Crippen LogP contribution in [0.3, 0.4) is 0 Å².